The molecular weight excluding hydrogens is 292 g/mol. The van der Waals surface area contributed by atoms with E-state index in [2.05, 4.69) is 14.9 Å². The highest BCUT2D eigenvalue weighted by Gasteiger charge is 2.24. The number of hydrogen-bond donors (Lipinski definition) is 1. The van der Waals surface area contributed by atoms with Crippen LogP contribution in [-0.2, 0) is 6.54 Å². The molecule has 1 aliphatic rings. The number of nitrogens with zero attached hydrogens (tertiary/aromatic N) is 3. The van der Waals surface area contributed by atoms with Crippen LogP contribution >= 0.6 is 0 Å². The molecule has 1 fully saturated rings. The van der Waals surface area contributed by atoms with Crippen LogP contribution in [0.3, 0.4) is 0 Å². The van der Waals surface area contributed by atoms with E-state index in [0.29, 0.717) is 18.8 Å². The van der Waals surface area contributed by atoms with Crippen LogP contribution in [0.25, 0.3) is 0 Å². The lowest BCUT2D eigenvalue weighted by Crippen LogP contribution is -2.41. The Morgan fingerprint density at radius 1 is 1.26 bits per heavy atom. The molecule has 0 saturated carbocycles. The summed E-state index contributed by atoms with van der Waals surface area (Å²) in [5, 5.41) is 0. The van der Waals surface area contributed by atoms with Crippen molar-refractivity contribution >= 4 is 0 Å². The monoisotopic (exact) mass is 314 g/mol. The summed E-state index contributed by atoms with van der Waals surface area (Å²) >= 11 is 0. The predicted octanol–water partition coefficient (Wildman–Crippen LogP) is 1.47. The maximum Gasteiger partial charge on any atom is 0.328 e. The first-order valence-electron chi connectivity index (χ1n) is 8.11. The van der Waals surface area contributed by atoms with Gasteiger partial charge in [0.15, 0.2) is 0 Å². The second kappa shape index (κ2) is 6.91. The van der Waals surface area contributed by atoms with Crippen LogP contribution < -0.4 is 11.2 Å². The maximum absolute atomic E-state index is 12.0. The van der Waals surface area contributed by atoms with E-state index >= 15 is 0 Å². The summed E-state index contributed by atoms with van der Waals surface area (Å²) in [5.74, 6) is 0. The molecule has 2 aromatic heterocycles. The molecule has 0 aliphatic carbocycles. The van der Waals surface area contributed by atoms with Gasteiger partial charge in [0.05, 0.1) is 11.7 Å². The molecule has 6 nitrogen and oxygen atoms in total. The van der Waals surface area contributed by atoms with Gasteiger partial charge in [-0.1, -0.05) is 12.5 Å². The first kappa shape index (κ1) is 15.7. The van der Waals surface area contributed by atoms with Gasteiger partial charge in [0, 0.05) is 31.0 Å². The van der Waals surface area contributed by atoms with Crippen molar-refractivity contribution in [2.24, 2.45) is 0 Å². The molecule has 0 bridgehead atoms. The second-order valence-electron chi connectivity index (χ2n) is 6.05. The Bertz CT molecular complexity index is 735. The summed E-state index contributed by atoms with van der Waals surface area (Å²) in [5.41, 5.74) is 1.09. The van der Waals surface area contributed by atoms with Crippen LogP contribution in [0.2, 0.25) is 0 Å². The molecule has 0 aromatic carbocycles. The Morgan fingerprint density at radius 2 is 2.13 bits per heavy atom. The van der Waals surface area contributed by atoms with Crippen LogP contribution in [0.5, 0.6) is 0 Å². The number of aryl methyl sites for hydroxylation is 1. The van der Waals surface area contributed by atoms with E-state index in [1.165, 1.54) is 17.1 Å². The Morgan fingerprint density at radius 3 is 2.87 bits per heavy atom. The van der Waals surface area contributed by atoms with E-state index < -0.39 is 0 Å². The summed E-state index contributed by atoms with van der Waals surface area (Å²) < 4.78 is 1.27. The molecule has 23 heavy (non-hydrogen) atoms. The van der Waals surface area contributed by atoms with Gasteiger partial charge in [0.25, 0.3) is 5.56 Å². The summed E-state index contributed by atoms with van der Waals surface area (Å²) in [7, 11) is 0. The van der Waals surface area contributed by atoms with Crippen molar-refractivity contribution in [2.75, 3.05) is 13.1 Å². The average molecular weight is 314 g/mol. The third-order valence-corrected chi connectivity index (χ3v) is 4.41. The molecule has 6 heteroatoms. The highest BCUT2D eigenvalue weighted by molar-refractivity contribution is 5.09. The number of pyridine rings is 1. The highest BCUT2D eigenvalue weighted by atomic mass is 16.2. The molecule has 1 saturated heterocycles. The molecular formula is C17H22N4O2. The summed E-state index contributed by atoms with van der Waals surface area (Å²) in [6, 6.07) is 7.71. The molecule has 0 unspecified atom stereocenters. The smallest absolute Gasteiger partial charge is 0.311 e. The van der Waals surface area contributed by atoms with Gasteiger partial charge >= 0.3 is 5.69 Å². The second-order valence-corrected chi connectivity index (χ2v) is 6.05. The molecule has 2 aromatic rings. The van der Waals surface area contributed by atoms with Crippen molar-refractivity contribution in [1.29, 1.82) is 0 Å². The number of nitrogens with one attached hydrogen (secondary N) is 1. The zero-order chi connectivity index (χ0) is 16.2. The zero-order valence-corrected chi connectivity index (χ0v) is 13.4. The number of rotatable bonds is 4. The largest absolute Gasteiger partial charge is 0.328 e. The fraction of sp³-hybridized carbons (Fsp3) is 0.471. The molecule has 0 spiro atoms. The molecule has 1 N–H and O–H groups in total. The van der Waals surface area contributed by atoms with Crippen LogP contribution in [0, 0.1) is 6.92 Å². The number of H-pyrrole nitrogens is 1. The van der Waals surface area contributed by atoms with Crippen molar-refractivity contribution < 1.29 is 0 Å². The number of likely N-dealkylation sites (tertiary alicyclic amines) is 1. The SMILES string of the molecule is Cc1cc(=O)n(CCN2CCCC[C@H]2c2ccccn2)c(=O)[nH]1. The molecule has 0 amide bonds. The molecule has 122 valence electrons. The maximum atomic E-state index is 12.0. The Balaban J connectivity index is 1.76. The highest BCUT2D eigenvalue weighted by Crippen LogP contribution is 2.29. The van der Waals surface area contributed by atoms with Gasteiger partial charge in [-0.2, -0.15) is 0 Å². The van der Waals surface area contributed by atoms with Gasteiger partial charge in [-0.3, -0.25) is 19.2 Å². The molecule has 1 atom stereocenters. The van der Waals surface area contributed by atoms with Crippen LogP contribution in [0.1, 0.15) is 36.7 Å². The summed E-state index contributed by atoms with van der Waals surface area (Å²) in [4.78, 5) is 33.5. The molecule has 0 radical (unpaired) electrons. The van der Waals surface area contributed by atoms with Crippen LogP contribution in [-0.4, -0.2) is 32.5 Å². The summed E-state index contributed by atoms with van der Waals surface area (Å²) in [6.07, 6.45) is 5.21. The fourth-order valence-corrected chi connectivity index (χ4v) is 3.24. The average Bonchev–Trinajstić information content (AvgIpc) is 2.55. The van der Waals surface area contributed by atoms with Crippen molar-refractivity contribution in [1.82, 2.24) is 19.4 Å². The van der Waals surface area contributed by atoms with E-state index in [4.69, 9.17) is 0 Å². The van der Waals surface area contributed by atoms with Gasteiger partial charge in [-0.05, 0) is 38.4 Å². The van der Waals surface area contributed by atoms with Gasteiger partial charge in [0.2, 0.25) is 0 Å². The van der Waals surface area contributed by atoms with E-state index in [0.717, 1.165) is 25.1 Å². The number of aromatic amines is 1. The van der Waals surface area contributed by atoms with Gasteiger partial charge in [-0.25, -0.2) is 4.79 Å². The zero-order valence-electron chi connectivity index (χ0n) is 13.4. The molecule has 3 rings (SSSR count). The first-order chi connectivity index (χ1) is 11.1. The third kappa shape index (κ3) is 3.59. The molecule has 3 heterocycles. The lowest BCUT2D eigenvalue weighted by Gasteiger charge is -2.35. The van der Waals surface area contributed by atoms with E-state index in [1.54, 1.807) is 6.92 Å². The van der Waals surface area contributed by atoms with Crippen LogP contribution in [0.4, 0.5) is 0 Å². The number of aromatic nitrogens is 3. The minimum Gasteiger partial charge on any atom is -0.311 e. The summed E-state index contributed by atoms with van der Waals surface area (Å²) in [6.45, 7) is 3.76. The fourth-order valence-electron chi connectivity index (χ4n) is 3.24. The van der Waals surface area contributed by atoms with Crippen molar-refractivity contribution in [2.45, 2.75) is 38.8 Å². The van der Waals surface area contributed by atoms with E-state index in [-0.39, 0.29) is 17.3 Å². The lowest BCUT2D eigenvalue weighted by molar-refractivity contribution is 0.139. The minimum atomic E-state index is -0.332. The van der Waals surface area contributed by atoms with Crippen molar-refractivity contribution in [3.63, 3.8) is 0 Å². The van der Waals surface area contributed by atoms with Crippen molar-refractivity contribution in [3.05, 3.63) is 62.7 Å². The Labute approximate surface area is 134 Å². The van der Waals surface area contributed by atoms with E-state index in [1.807, 2.05) is 24.4 Å². The first-order valence-corrected chi connectivity index (χ1v) is 8.11. The topological polar surface area (TPSA) is 71.0 Å². The van der Waals surface area contributed by atoms with Gasteiger partial charge in [0.1, 0.15) is 0 Å². The standard InChI is InChI=1S/C17H22N4O2/c1-13-12-16(22)21(17(23)19-13)11-10-20-9-5-3-7-15(20)14-6-2-4-8-18-14/h2,4,6,8,12,15H,3,5,7,9-11H2,1H3,(H,19,23)/t15-/m0/s1. The molecule has 1 aliphatic heterocycles. The quantitative estimate of drug-likeness (QED) is 0.927. The van der Waals surface area contributed by atoms with Crippen LogP contribution in [0.15, 0.2) is 40.1 Å². The third-order valence-electron chi connectivity index (χ3n) is 4.41. The Kier molecular flexibility index (Phi) is 4.71. The van der Waals surface area contributed by atoms with E-state index in [9.17, 15) is 9.59 Å². The Hall–Kier alpha value is -2.21. The van der Waals surface area contributed by atoms with Gasteiger partial charge < -0.3 is 4.98 Å². The van der Waals surface area contributed by atoms with Gasteiger partial charge in [-0.15, -0.1) is 0 Å². The predicted molar refractivity (Wildman–Crippen MR) is 88.5 cm³/mol. The van der Waals surface area contributed by atoms with Crippen molar-refractivity contribution in [3.8, 4) is 0 Å². The minimum absolute atomic E-state index is 0.238. The number of hydrogen-bond acceptors (Lipinski definition) is 4. The lowest BCUT2D eigenvalue weighted by atomic mass is 9.99. The number of piperidine rings is 1. The normalized spacial score (nSPS) is 18.9.